The van der Waals surface area contributed by atoms with Gasteiger partial charge in [0.15, 0.2) is 0 Å². The van der Waals surface area contributed by atoms with Gasteiger partial charge < -0.3 is 5.11 Å². The maximum absolute atomic E-state index is 13.3. The lowest BCUT2D eigenvalue weighted by molar-refractivity contribution is -0.142. The fourth-order valence-electron chi connectivity index (χ4n) is 2.45. The van der Waals surface area contributed by atoms with Gasteiger partial charge in [-0.2, -0.15) is 0 Å². The van der Waals surface area contributed by atoms with Gasteiger partial charge in [0, 0.05) is 12.6 Å². The van der Waals surface area contributed by atoms with Gasteiger partial charge in [-0.15, -0.1) is 0 Å². The van der Waals surface area contributed by atoms with E-state index in [1.54, 1.807) is 12.1 Å². The highest BCUT2D eigenvalue weighted by atomic mass is 35.5. The number of benzene rings is 1. The maximum Gasteiger partial charge on any atom is 0.308 e. The molecule has 2 rings (SSSR count). The van der Waals surface area contributed by atoms with Crippen molar-refractivity contribution in [3.63, 3.8) is 0 Å². The highest BCUT2D eigenvalue weighted by molar-refractivity contribution is 6.31. The topological polar surface area (TPSA) is 40.5 Å². The molecule has 3 nitrogen and oxygen atoms in total. The van der Waals surface area contributed by atoms with Gasteiger partial charge in [-0.05, 0) is 31.5 Å². The van der Waals surface area contributed by atoms with Crippen LogP contribution in [0.25, 0.3) is 0 Å². The molecule has 1 N–H and O–H groups in total. The second-order valence-electron chi connectivity index (χ2n) is 4.66. The minimum absolute atomic E-state index is 0.0539. The molecule has 0 amide bonds. The Balaban J connectivity index is 2.11. The lowest BCUT2D eigenvalue weighted by Crippen LogP contribution is -2.32. The van der Waals surface area contributed by atoms with Crippen LogP contribution in [0.15, 0.2) is 18.2 Å². The predicted octanol–water partition coefficient (Wildman–Crippen LogP) is 2.77. The van der Waals surface area contributed by atoms with E-state index in [2.05, 4.69) is 0 Å². The van der Waals surface area contributed by atoms with Gasteiger partial charge in [0.2, 0.25) is 0 Å². The van der Waals surface area contributed by atoms with Crippen molar-refractivity contribution < 1.29 is 14.3 Å². The van der Waals surface area contributed by atoms with Crippen LogP contribution in [0.3, 0.4) is 0 Å². The van der Waals surface area contributed by atoms with E-state index in [9.17, 15) is 9.18 Å². The van der Waals surface area contributed by atoms with Crippen molar-refractivity contribution in [3.8, 4) is 0 Å². The molecule has 2 unspecified atom stereocenters. The molecule has 0 aliphatic carbocycles. The standard InChI is InChI=1S/C13H15ClFNO2/c1-8-10(13(17)18)5-6-16(8)7-9-3-2-4-11(15)12(9)14/h2-4,8,10H,5-7H2,1H3,(H,17,18). The second kappa shape index (κ2) is 5.24. The summed E-state index contributed by atoms with van der Waals surface area (Å²) in [6.07, 6.45) is 0.628. The third-order valence-electron chi connectivity index (χ3n) is 3.61. The van der Waals surface area contributed by atoms with E-state index < -0.39 is 11.8 Å². The fraction of sp³-hybridized carbons (Fsp3) is 0.462. The third-order valence-corrected chi connectivity index (χ3v) is 4.03. The highest BCUT2D eigenvalue weighted by Crippen LogP contribution is 2.28. The summed E-state index contributed by atoms with van der Waals surface area (Å²) in [4.78, 5) is 13.0. The average Bonchev–Trinajstić information content (AvgIpc) is 2.67. The summed E-state index contributed by atoms with van der Waals surface area (Å²) < 4.78 is 13.3. The lowest BCUT2D eigenvalue weighted by Gasteiger charge is -2.23. The first-order valence-corrected chi connectivity index (χ1v) is 6.28. The van der Waals surface area contributed by atoms with Gasteiger partial charge in [-0.25, -0.2) is 4.39 Å². The number of carboxylic acid groups (broad SMARTS) is 1. The molecular weight excluding hydrogens is 257 g/mol. The number of aliphatic carboxylic acids is 1. The van der Waals surface area contributed by atoms with Crippen LogP contribution in [-0.2, 0) is 11.3 Å². The average molecular weight is 272 g/mol. The van der Waals surface area contributed by atoms with E-state index >= 15 is 0 Å². The molecule has 1 aromatic rings. The Labute approximate surface area is 110 Å². The zero-order chi connectivity index (χ0) is 13.3. The van der Waals surface area contributed by atoms with Gasteiger partial charge in [0.25, 0.3) is 0 Å². The summed E-state index contributed by atoms with van der Waals surface area (Å²) in [5.74, 6) is -1.55. The van der Waals surface area contributed by atoms with Gasteiger partial charge >= 0.3 is 5.97 Å². The molecule has 2 atom stereocenters. The normalized spacial score (nSPS) is 24.4. The van der Waals surface area contributed by atoms with Crippen molar-refractivity contribution in [2.45, 2.75) is 25.9 Å². The zero-order valence-electron chi connectivity index (χ0n) is 10.1. The summed E-state index contributed by atoms with van der Waals surface area (Å²) >= 11 is 5.90. The molecule has 18 heavy (non-hydrogen) atoms. The Morgan fingerprint density at radius 2 is 2.33 bits per heavy atom. The van der Waals surface area contributed by atoms with Gasteiger partial charge in [-0.1, -0.05) is 23.7 Å². The molecule has 0 aromatic heterocycles. The molecule has 1 aromatic carbocycles. The van der Waals surface area contributed by atoms with E-state index in [4.69, 9.17) is 16.7 Å². The molecule has 0 saturated carbocycles. The summed E-state index contributed by atoms with van der Waals surface area (Å²) in [6, 6.07) is 4.65. The fourth-order valence-corrected chi connectivity index (χ4v) is 2.63. The van der Waals surface area contributed by atoms with Crippen LogP contribution in [0.2, 0.25) is 5.02 Å². The SMILES string of the molecule is CC1C(C(=O)O)CCN1Cc1cccc(F)c1Cl. The van der Waals surface area contributed by atoms with Crippen molar-refractivity contribution in [1.82, 2.24) is 4.90 Å². The first kappa shape index (κ1) is 13.3. The predicted molar refractivity (Wildman–Crippen MR) is 67.0 cm³/mol. The molecule has 1 heterocycles. The summed E-state index contributed by atoms with van der Waals surface area (Å²) in [5, 5.41) is 9.18. The Kier molecular flexibility index (Phi) is 3.88. The maximum atomic E-state index is 13.3. The number of nitrogens with zero attached hydrogens (tertiary/aromatic N) is 1. The van der Waals surface area contributed by atoms with Crippen LogP contribution in [-0.4, -0.2) is 28.6 Å². The lowest BCUT2D eigenvalue weighted by atomic mass is 10.0. The minimum Gasteiger partial charge on any atom is -0.481 e. The highest BCUT2D eigenvalue weighted by Gasteiger charge is 2.35. The molecule has 0 radical (unpaired) electrons. The van der Waals surface area contributed by atoms with Crippen LogP contribution in [0.5, 0.6) is 0 Å². The number of carbonyl (C=O) groups is 1. The van der Waals surface area contributed by atoms with E-state index in [1.165, 1.54) is 6.07 Å². The quantitative estimate of drug-likeness (QED) is 0.919. The van der Waals surface area contributed by atoms with Crippen molar-refractivity contribution in [2.24, 2.45) is 5.92 Å². The molecule has 1 fully saturated rings. The van der Waals surface area contributed by atoms with E-state index in [0.29, 0.717) is 25.1 Å². The number of rotatable bonds is 3. The van der Waals surface area contributed by atoms with Crippen LogP contribution in [0, 0.1) is 11.7 Å². The van der Waals surface area contributed by atoms with E-state index in [0.717, 1.165) is 0 Å². The molecule has 98 valence electrons. The van der Waals surface area contributed by atoms with Crippen molar-refractivity contribution in [2.75, 3.05) is 6.54 Å². The van der Waals surface area contributed by atoms with Gasteiger partial charge in [-0.3, -0.25) is 9.69 Å². The third kappa shape index (κ3) is 2.49. The van der Waals surface area contributed by atoms with E-state index in [1.807, 2.05) is 11.8 Å². The second-order valence-corrected chi connectivity index (χ2v) is 5.04. The Hall–Kier alpha value is -1.13. The number of hydrogen-bond donors (Lipinski definition) is 1. The van der Waals surface area contributed by atoms with Crippen molar-refractivity contribution >= 4 is 17.6 Å². The number of likely N-dealkylation sites (tertiary alicyclic amines) is 1. The summed E-state index contributed by atoms with van der Waals surface area (Å²) in [5.41, 5.74) is 0.703. The molecule has 1 aliphatic heterocycles. The molecular formula is C13H15ClFNO2. The first-order valence-electron chi connectivity index (χ1n) is 5.90. The summed E-state index contributed by atoms with van der Waals surface area (Å²) in [7, 11) is 0. The molecule has 1 aliphatic rings. The number of hydrogen-bond acceptors (Lipinski definition) is 2. The molecule has 0 spiro atoms. The smallest absolute Gasteiger partial charge is 0.308 e. The number of halogens is 2. The van der Waals surface area contributed by atoms with E-state index in [-0.39, 0.29) is 17.0 Å². The zero-order valence-corrected chi connectivity index (χ0v) is 10.8. The Morgan fingerprint density at radius 3 is 2.94 bits per heavy atom. The minimum atomic E-state index is -0.768. The van der Waals surface area contributed by atoms with Crippen LogP contribution in [0.1, 0.15) is 18.9 Å². The molecule has 0 bridgehead atoms. The summed E-state index contributed by atoms with van der Waals surface area (Å²) in [6.45, 7) is 3.07. The van der Waals surface area contributed by atoms with Crippen LogP contribution < -0.4 is 0 Å². The monoisotopic (exact) mass is 271 g/mol. The largest absolute Gasteiger partial charge is 0.481 e. The Bertz CT molecular complexity index is 466. The Morgan fingerprint density at radius 1 is 1.61 bits per heavy atom. The van der Waals surface area contributed by atoms with Gasteiger partial charge in [0.05, 0.1) is 10.9 Å². The van der Waals surface area contributed by atoms with Crippen molar-refractivity contribution in [1.29, 1.82) is 0 Å². The number of carboxylic acids is 1. The van der Waals surface area contributed by atoms with Crippen LogP contribution in [0.4, 0.5) is 4.39 Å². The van der Waals surface area contributed by atoms with Crippen LogP contribution >= 0.6 is 11.6 Å². The van der Waals surface area contributed by atoms with Crippen molar-refractivity contribution in [3.05, 3.63) is 34.6 Å². The molecule has 5 heteroatoms. The first-order chi connectivity index (χ1) is 8.50. The molecule has 1 saturated heterocycles. The van der Waals surface area contributed by atoms with Gasteiger partial charge in [0.1, 0.15) is 5.82 Å².